The van der Waals surface area contributed by atoms with Crippen molar-refractivity contribution in [3.63, 3.8) is 0 Å². The standard InChI is InChI=1S/C19H24ClNO/c1-12-10-13(2)15(4)19(14(12)3)18(20)11-21(5)16-6-8-17(22)9-7-16/h6-10,18,22H,11H2,1-5H3. The lowest BCUT2D eigenvalue weighted by molar-refractivity contribution is 0.475. The highest BCUT2D eigenvalue weighted by atomic mass is 35.5. The first-order chi connectivity index (χ1) is 10.3. The van der Waals surface area contributed by atoms with Gasteiger partial charge in [-0.3, -0.25) is 0 Å². The molecule has 0 aliphatic rings. The Hall–Kier alpha value is -1.67. The number of rotatable bonds is 4. The number of benzene rings is 2. The molecule has 0 saturated carbocycles. The van der Waals surface area contributed by atoms with Crippen molar-refractivity contribution >= 4 is 17.3 Å². The van der Waals surface area contributed by atoms with Gasteiger partial charge >= 0.3 is 0 Å². The number of aromatic hydroxyl groups is 1. The summed E-state index contributed by atoms with van der Waals surface area (Å²) in [5, 5.41) is 9.32. The van der Waals surface area contributed by atoms with E-state index in [1.807, 2.05) is 19.2 Å². The number of anilines is 1. The fourth-order valence-electron chi connectivity index (χ4n) is 2.86. The molecular weight excluding hydrogens is 294 g/mol. The molecule has 0 heterocycles. The number of phenols is 1. The maximum absolute atomic E-state index is 9.39. The first-order valence-corrected chi connectivity index (χ1v) is 7.96. The minimum absolute atomic E-state index is 0.0718. The van der Waals surface area contributed by atoms with E-state index < -0.39 is 0 Å². The summed E-state index contributed by atoms with van der Waals surface area (Å²) in [6.07, 6.45) is 0. The molecule has 0 spiro atoms. The second kappa shape index (κ2) is 6.62. The SMILES string of the molecule is Cc1cc(C)c(C)c(C(Cl)CN(C)c2ccc(O)cc2)c1C. The summed E-state index contributed by atoms with van der Waals surface area (Å²) in [4.78, 5) is 2.12. The summed E-state index contributed by atoms with van der Waals surface area (Å²) >= 11 is 6.75. The van der Waals surface area contributed by atoms with Gasteiger partial charge in [-0.15, -0.1) is 11.6 Å². The average Bonchev–Trinajstić information content (AvgIpc) is 2.46. The van der Waals surface area contributed by atoms with Crippen LogP contribution in [-0.2, 0) is 0 Å². The van der Waals surface area contributed by atoms with E-state index in [1.165, 1.54) is 27.8 Å². The van der Waals surface area contributed by atoms with Crippen LogP contribution in [0.5, 0.6) is 5.75 Å². The number of halogens is 1. The highest BCUT2D eigenvalue weighted by Gasteiger charge is 2.18. The molecule has 1 unspecified atom stereocenters. The number of hydrogen-bond acceptors (Lipinski definition) is 2. The van der Waals surface area contributed by atoms with Gasteiger partial charge in [-0.1, -0.05) is 6.07 Å². The minimum atomic E-state index is -0.0718. The van der Waals surface area contributed by atoms with Gasteiger partial charge in [-0.25, -0.2) is 0 Å². The molecule has 1 N–H and O–H groups in total. The van der Waals surface area contributed by atoms with E-state index in [0.29, 0.717) is 0 Å². The van der Waals surface area contributed by atoms with Gasteiger partial charge in [0.05, 0.1) is 5.38 Å². The van der Waals surface area contributed by atoms with Crippen LogP contribution in [0.3, 0.4) is 0 Å². The maximum atomic E-state index is 9.39. The van der Waals surface area contributed by atoms with E-state index in [4.69, 9.17) is 11.6 Å². The second-order valence-electron chi connectivity index (χ2n) is 6.04. The van der Waals surface area contributed by atoms with E-state index >= 15 is 0 Å². The smallest absolute Gasteiger partial charge is 0.115 e. The van der Waals surface area contributed by atoms with Gasteiger partial charge in [0.1, 0.15) is 5.75 Å². The Morgan fingerprint density at radius 2 is 1.50 bits per heavy atom. The molecular formula is C19H24ClNO. The van der Waals surface area contributed by atoms with E-state index in [2.05, 4.69) is 38.7 Å². The van der Waals surface area contributed by atoms with Gasteiger partial charge < -0.3 is 10.0 Å². The number of aryl methyl sites for hydroxylation is 2. The zero-order valence-corrected chi connectivity index (χ0v) is 14.7. The van der Waals surface area contributed by atoms with Crippen molar-refractivity contribution in [3.8, 4) is 5.75 Å². The van der Waals surface area contributed by atoms with Crippen LogP contribution in [-0.4, -0.2) is 18.7 Å². The number of likely N-dealkylation sites (N-methyl/N-ethyl adjacent to an activating group) is 1. The summed E-state index contributed by atoms with van der Waals surface area (Å²) in [6.45, 7) is 9.29. The molecule has 2 nitrogen and oxygen atoms in total. The van der Waals surface area contributed by atoms with Crippen LogP contribution in [0.4, 0.5) is 5.69 Å². The number of phenolic OH excluding ortho intramolecular Hbond substituents is 1. The molecule has 2 rings (SSSR count). The molecule has 0 aliphatic carbocycles. The quantitative estimate of drug-likeness (QED) is 0.798. The van der Waals surface area contributed by atoms with E-state index in [1.54, 1.807) is 12.1 Å². The zero-order valence-electron chi connectivity index (χ0n) is 13.9. The molecule has 0 aromatic heterocycles. The summed E-state index contributed by atoms with van der Waals surface area (Å²) in [7, 11) is 2.02. The number of hydrogen-bond donors (Lipinski definition) is 1. The third kappa shape index (κ3) is 3.38. The molecule has 22 heavy (non-hydrogen) atoms. The van der Waals surface area contributed by atoms with Crippen LogP contribution in [0.15, 0.2) is 30.3 Å². The Balaban J connectivity index is 2.26. The fraction of sp³-hybridized carbons (Fsp3) is 0.368. The van der Waals surface area contributed by atoms with Crippen molar-refractivity contribution in [2.45, 2.75) is 33.1 Å². The van der Waals surface area contributed by atoms with Gasteiger partial charge in [0, 0.05) is 19.3 Å². The number of nitrogens with zero attached hydrogens (tertiary/aromatic N) is 1. The van der Waals surface area contributed by atoms with Crippen molar-refractivity contribution in [1.82, 2.24) is 0 Å². The summed E-state index contributed by atoms with van der Waals surface area (Å²) in [5.74, 6) is 0.278. The molecule has 0 saturated heterocycles. The van der Waals surface area contributed by atoms with Crippen LogP contribution in [0, 0.1) is 27.7 Å². The highest BCUT2D eigenvalue weighted by molar-refractivity contribution is 6.21. The molecule has 0 amide bonds. The Kier molecular flexibility index (Phi) is 5.02. The molecule has 3 heteroatoms. The van der Waals surface area contributed by atoms with Crippen LogP contribution in [0.1, 0.15) is 33.2 Å². The van der Waals surface area contributed by atoms with Crippen molar-refractivity contribution < 1.29 is 5.11 Å². The topological polar surface area (TPSA) is 23.5 Å². The summed E-state index contributed by atoms with van der Waals surface area (Å²) in [6, 6.07) is 9.42. The molecule has 118 valence electrons. The fourth-order valence-corrected chi connectivity index (χ4v) is 3.40. The maximum Gasteiger partial charge on any atom is 0.115 e. The molecule has 0 aliphatic heterocycles. The van der Waals surface area contributed by atoms with Crippen molar-refractivity contribution in [3.05, 3.63) is 58.1 Å². The average molecular weight is 318 g/mol. The zero-order chi connectivity index (χ0) is 16.4. The van der Waals surface area contributed by atoms with Crippen LogP contribution in [0.2, 0.25) is 0 Å². The molecule has 1 atom stereocenters. The Morgan fingerprint density at radius 3 is 2.00 bits per heavy atom. The van der Waals surface area contributed by atoms with Gasteiger partial charge in [0.25, 0.3) is 0 Å². The van der Waals surface area contributed by atoms with Crippen molar-refractivity contribution in [2.75, 3.05) is 18.5 Å². The minimum Gasteiger partial charge on any atom is -0.508 e. The van der Waals surface area contributed by atoms with Crippen LogP contribution < -0.4 is 4.90 Å². The predicted molar refractivity (Wildman–Crippen MR) is 95.4 cm³/mol. The van der Waals surface area contributed by atoms with Gasteiger partial charge in [-0.2, -0.15) is 0 Å². The Labute approximate surface area is 138 Å². The largest absolute Gasteiger partial charge is 0.508 e. The third-order valence-electron chi connectivity index (χ3n) is 4.46. The normalized spacial score (nSPS) is 12.3. The summed E-state index contributed by atoms with van der Waals surface area (Å²) in [5.41, 5.74) is 7.42. The lowest BCUT2D eigenvalue weighted by Gasteiger charge is -2.26. The Bertz CT molecular complexity index is 638. The van der Waals surface area contributed by atoms with Gasteiger partial charge in [0.15, 0.2) is 0 Å². The lowest BCUT2D eigenvalue weighted by atomic mass is 9.92. The van der Waals surface area contributed by atoms with Crippen LogP contribution >= 0.6 is 11.6 Å². The van der Waals surface area contributed by atoms with Crippen molar-refractivity contribution in [2.24, 2.45) is 0 Å². The predicted octanol–water partition coefficient (Wildman–Crippen LogP) is 5.04. The van der Waals surface area contributed by atoms with E-state index in [0.717, 1.165) is 12.2 Å². The molecule has 0 fully saturated rings. The molecule has 2 aromatic carbocycles. The van der Waals surface area contributed by atoms with Crippen molar-refractivity contribution in [1.29, 1.82) is 0 Å². The monoisotopic (exact) mass is 317 g/mol. The molecule has 0 bridgehead atoms. The first-order valence-electron chi connectivity index (χ1n) is 7.52. The van der Waals surface area contributed by atoms with Crippen LogP contribution in [0.25, 0.3) is 0 Å². The molecule has 0 radical (unpaired) electrons. The van der Waals surface area contributed by atoms with Gasteiger partial charge in [-0.05, 0) is 79.8 Å². The first kappa shape index (κ1) is 16.7. The Morgan fingerprint density at radius 1 is 1.00 bits per heavy atom. The third-order valence-corrected chi connectivity index (χ3v) is 4.82. The molecule has 2 aromatic rings. The highest BCUT2D eigenvalue weighted by Crippen LogP contribution is 2.32. The van der Waals surface area contributed by atoms with Gasteiger partial charge in [0.2, 0.25) is 0 Å². The number of alkyl halides is 1. The van der Waals surface area contributed by atoms with E-state index in [9.17, 15) is 5.11 Å². The van der Waals surface area contributed by atoms with E-state index in [-0.39, 0.29) is 11.1 Å². The summed E-state index contributed by atoms with van der Waals surface area (Å²) < 4.78 is 0. The lowest BCUT2D eigenvalue weighted by Crippen LogP contribution is -2.23. The second-order valence-corrected chi connectivity index (χ2v) is 6.57.